The Labute approximate surface area is 47.9 Å². The number of hydrogen-bond donors (Lipinski definition) is 0. The van der Waals surface area contributed by atoms with E-state index in [2.05, 4.69) is 12.1 Å². The van der Waals surface area contributed by atoms with E-state index in [0.717, 1.165) is 12.4 Å². The van der Waals surface area contributed by atoms with Gasteiger partial charge < -0.3 is 4.74 Å². The Balaban J connectivity index is 2.62. The minimum atomic E-state index is 0.771. The number of hydrogen-bond acceptors (Lipinski definition) is 1. The normalized spacial score (nSPS) is 13.5. The molecule has 0 saturated carbocycles. The van der Waals surface area contributed by atoms with E-state index in [1.807, 2.05) is 12.1 Å². The minimum absolute atomic E-state index is 0.771. The molecule has 1 aromatic rings. The van der Waals surface area contributed by atoms with E-state index < -0.39 is 0 Å². The van der Waals surface area contributed by atoms with Gasteiger partial charge in [0, 0.05) is 11.6 Å². The van der Waals surface area contributed by atoms with Gasteiger partial charge in [0.1, 0.15) is 12.4 Å². The van der Waals surface area contributed by atoms with Gasteiger partial charge in [0.15, 0.2) is 0 Å². The van der Waals surface area contributed by atoms with Crippen LogP contribution < -0.4 is 4.74 Å². The first-order chi connectivity index (χ1) is 3.97. The summed E-state index contributed by atoms with van der Waals surface area (Å²) in [6, 6.07) is 8.85. The third-order valence-corrected chi connectivity index (χ3v) is 1.27. The molecule has 0 amide bonds. The van der Waals surface area contributed by atoms with E-state index in [0.29, 0.717) is 0 Å². The Morgan fingerprint density at radius 2 is 2.62 bits per heavy atom. The molecule has 0 spiro atoms. The Bertz CT molecular complexity index is 182. The van der Waals surface area contributed by atoms with Crippen molar-refractivity contribution in [2.45, 2.75) is 6.61 Å². The third kappa shape index (κ3) is 0.360. The predicted octanol–water partition coefficient (Wildman–Crippen LogP) is 1.38. The second-order valence-electron chi connectivity index (χ2n) is 1.81. The van der Waals surface area contributed by atoms with Gasteiger partial charge in [0.05, 0.1) is 0 Å². The zero-order valence-electron chi connectivity index (χ0n) is 4.35. The average Bonchev–Trinajstić information content (AvgIpc) is 1.72. The molecule has 1 heterocycles. The van der Waals surface area contributed by atoms with Crippen LogP contribution in [0.4, 0.5) is 0 Å². The topological polar surface area (TPSA) is 9.23 Å². The van der Waals surface area contributed by atoms with Crippen LogP contribution in [0.3, 0.4) is 0 Å². The molecule has 1 aromatic carbocycles. The quantitative estimate of drug-likeness (QED) is 0.484. The van der Waals surface area contributed by atoms with Gasteiger partial charge in [-0.1, -0.05) is 18.2 Å². The van der Waals surface area contributed by atoms with E-state index in [-0.39, 0.29) is 0 Å². The van der Waals surface area contributed by atoms with Crippen LogP contribution in [0.5, 0.6) is 5.75 Å². The third-order valence-electron chi connectivity index (χ3n) is 1.27. The van der Waals surface area contributed by atoms with Gasteiger partial charge in [0.2, 0.25) is 0 Å². The van der Waals surface area contributed by atoms with Crippen LogP contribution in [-0.4, -0.2) is 0 Å². The molecule has 0 aromatic heterocycles. The first kappa shape index (κ1) is 3.96. The fourth-order valence-electron chi connectivity index (χ4n) is 0.774. The molecule has 1 heteroatoms. The van der Waals surface area contributed by atoms with Crippen LogP contribution in [0.2, 0.25) is 0 Å². The lowest BCUT2D eigenvalue weighted by Crippen LogP contribution is -2.07. The minimum Gasteiger partial charge on any atom is -0.488 e. The van der Waals surface area contributed by atoms with Gasteiger partial charge in [-0.25, -0.2) is 0 Å². The smallest absolute Gasteiger partial charge is 0.134 e. The van der Waals surface area contributed by atoms with Gasteiger partial charge in [-0.15, -0.1) is 0 Å². The van der Waals surface area contributed by atoms with Gasteiger partial charge in [-0.3, -0.25) is 0 Å². The van der Waals surface area contributed by atoms with Gasteiger partial charge in [-0.05, 0) is 0 Å². The van der Waals surface area contributed by atoms with Crippen LogP contribution in [0.1, 0.15) is 5.56 Å². The average molecular weight is 105 g/mol. The Morgan fingerprint density at radius 3 is 3.00 bits per heavy atom. The standard InChI is InChI=1S/C7H5O/c1-2-4-7-6(3-1)5-8-7/h1-3H,5H2. The maximum Gasteiger partial charge on any atom is 0.134 e. The van der Waals surface area contributed by atoms with E-state index in [1.54, 1.807) is 0 Å². The molecule has 0 aliphatic carbocycles. The summed E-state index contributed by atoms with van der Waals surface area (Å²) in [5.41, 5.74) is 1.27. The lowest BCUT2D eigenvalue weighted by atomic mass is 10.1. The molecule has 0 N–H and O–H groups in total. The molecule has 1 nitrogen and oxygen atoms in total. The molecular weight excluding hydrogens is 100 g/mol. The molecule has 2 rings (SSSR count). The van der Waals surface area contributed by atoms with E-state index >= 15 is 0 Å². The van der Waals surface area contributed by atoms with Gasteiger partial charge in [0.25, 0.3) is 0 Å². The molecule has 1 aliphatic heterocycles. The van der Waals surface area contributed by atoms with Crippen LogP contribution in [0, 0.1) is 6.07 Å². The summed E-state index contributed by atoms with van der Waals surface area (Å²) in [5.74, 6) is 0.924. The van der Waals surface area contributed by atoms with Crippen LogP contribution in [0.15, 0.2) is 18.2 Å². The molecule has 8 heavy (non-hydrogen) atoms. The molecule has 0 unspecified atom stereocenters. The summed E-state index contributed by atoms with van der Waals surface area (Å²) in [6.45, 7) is 0.771. The van der Waals surface area contributed by atoms with Crippen molar-refractivity contribution < 1.29 is 4.74 Å². The van der Waals surface area contributed by atoms with Crippen molar-refractivity contribution in [3.8, 4) is 5.75 Å². The Hall–Kier alpha value is -0.980. The highest BCUT2D eigenvalue weighted by Crippen LogP contribution is 2.26. The highest BCUT2D eigenvalue weighted by molar-refractivity contribution is 5.36. The second kappa shape index (κ2) is 1.25. The largest absolute Gasteiger partial charge is 0.488 e. The summed E-state index contributed by atoms with van der Waals surface area (Å²) < 4.78 is 5.02. The number of fused-ring (bicyclic) bond motifs is 1. The molecule has 0 bridgehead atoms. The lowest BCUT2D eigenvalue weighted by molar-refractivity contribution is 0.242. The number of ether oxygens (including phenoxy) is 1. The van der Waals surface area contributed by atoms with E-state index in [9.17, 15) is 0 Å². The fourth-order valence-corrected chi connectivity index (χ4v) is 0.774. The summed E-state index contributed by atoms with van der Waals surface area (Å²) in [6.07, 6.45) is 0. The molecule has 0 atom stereocenters. The van der Waals surface area contributed by atoms with E-state index in [4.69, 9.17) is 4.74 Å². The van der Waals surface area contributed by atoms with Gasteiger partial charge >= 0.3 is 0 Å². The predicted molar refractivity (Wildman–Crippen MR) is 29.6 cm³/mol. The van der Waals surface area contributed by atoms with Crippen molar-refractivity contribution in [2.75, 3.05) is 0 Å². The number of benzene rings is 1. The molecule has 39 valence electrons. The first-order valence-corrected chi connectivity index (χ1v) is 2.59. The van der Waals surface area contributed by atoms with Crippen molar-refractivity contribution in [1.29, 1.82) is 0 Å². The molecule has 0 fully saturated rings. The maximum atomic E-state index is 5.02. The molecular formula is C7H5O. The Kier molecular flexibility index (Phi) is 0.618. The lowest BCUT2D eigenvalue weighted by Gasteiger charge is -2.18. The highest BCUT2D eigenvalue weighted by atomic mass is 16.5. The summed E-state index contributed by atoms with van der Waals surface area (Å²) >= 11 is 0. The zero-order chi connectivity index (χ0) is 5.40. The van der Waals surface area contributed by atoms with Crippen LogP contribution in [-0.2, 0) is 6.61 Å². The van der Waals surface area contributed by atoms with E-state index in [1.165, 1.54) is 5.56 Å². The Morgan fingerprint density at radius 1 is 1.62 bits per heavy atom. The van der Waals surface area contributed by atoms with Crippen LogP contribution >= 0.6 is 0 Å². The molecule has 1 aliphatic rings. The summed E-state index contributed by atoms with van der Waals surface area (Å²) in [4.78, 5) is 0. The van der Waals surface area contributed by atoms with Crippen molar-refractivity contribution in [3.63, 3.8) is 0 Å². The number of rotatable bonds is 0. The van der Waals surface area contributed by atoms with Crippen molar-refractivity contribution in [3.05, 3.63) is 29.8 Å². The first-order valence-electron chi connectivity index (χ1n) is 2.59. The molecule has 1 radical (unpaired) electrons. The van der Waals surface area contributed by atoms with Gasteiger partial charge in [-0.2, -0.15) is 0 Å². The highest BCUT2D eigenvalue weighted by Gasteiger charge is 2.11. The SMILES string of the molecule is [c]1cccc2c1OC2. The van der Waals surface area contributed by atoms with Crippen LogP contribution in [0.25, 0.3) is 0 Å². The van der Waals surface area contributed by atoms with Crippen molar-refractivity contribution >= 4 is 0 Å². The van der Waals surface area contributed by atoms with Crippen molar-refractivity contribution in [1.82, 2.24) is 0 Å². The van der Waals surface area contributed by atoms with Crippen molar-refractivity contribution in [2.24, 2.45) is 0 Å². The summed E-state index contributed by atoms with van der Waals surface area (Å²) in [5, 5.41) is 0. The monoisotopic (exact) mass is 105 g/mol. The zero-order valence-corrected chi connectivity index (χ0v) is 4.35. The fraction of sp³-hybridized carbons (Fsp3) is 0.143. The maximum absolute atomic E-state index is 5.02. The second-order valence-corrected chi connectivity index (χ2v) is 1.81. The molecule has 0 saturated heterocycles. The number of para-hydroxylation sites is 1. The summed E-state index contributed by atoms with van der Waals surface area (Å²) in [7, 11) is 0.